The Morgan fingerprint density at radius 3 is 1.77 bits per heavy atom. The molecule has 2 aromatic carbocycles. The van der Waals surface area contributed by atoms with Crippen LogP contribution in [0.15, 0.2) is 111 Å². The Morgan fingerprint density at radius 2 is 1.31 bits per heavy atom. The van der Waals surface area contributed by atoms with E-state index in [9.17, 15) is 0 Å². The SMILES string of the molecule is C=C(N=Nc1ccc(N(C)CCN(C)c2ccc(N=NC(=NCC)N(C)C=CC)cc2)cc1)N(C)C=CNC. The van der Waals surface area contributed by atoms with Gasteiger partial charge in [-0.2, -0.15) is 0 Å². The van der Waals surface area contributed by atoms with Gasteiger partial charge >= 0.3 is 0 Å². The van der Waals surface area contributed by atoms with Gasteiger partial charge in [0, 0.05) is 84.8 Å². The number of rotatable bonds is 13. The Hall–Kier alpha value is -4.47. The number of aliphatic imine (C=N–C) groups is 1. The predicted octanol–water partition coefficient (Wildman–Crippen LogP) is 6.36. The number of nitrogens with zero attached hydrogens (tertiary/aromatic N) is 9. The predicted molar refractivity (Wildman–Crippen MR) is 164 cm³/mol. The van der Waals surface area contributed by atoms with Gasteiger partial charge in [0.15, 0.2) is 0 Å². The van der Waals surface area contributed by atoms with Crippen LogP contribution < -0.4 is 15.1 Å². The van der Waals surface area contributed by atoms with Crippen molar-refractivity contribution in [1.29, 1.82) is 0 Å². The van der Waals surface area contributed by atoms with Gasteiger partial charge in [0.05, 0.1) is 11.4 Å². The summed E-state index contributed by atoms with van der Waals surface area (Å²) in [6.45, 7) is 10.2. The molecule has 2 aromatic rings. The van der Waals surface area contributed by atoms with Crippen molar-refractivity contribution < 1.29 is 0 Å². The summed E-state index contributed by atoms with van der Waals surface area (Å²) in [4.78, 5) is 12.5. The van der Waals surface area contributed by atoms with Crippen molar-refractivity contribution in [3.8, 4) is 0 Å². The van der Waals surface area contributed by atoms with Crippen molar-refractivity contribution in [3.05, 3.63) is 85.6 Å². The van der Waals surface area contributed by atoms with E-state index in [-0.39, 0.29) is 0 Å². The molecule has 39 heavy (non-hydrogen) atoms. The summed E-state index contributed by atoms with van der Waals surface area (Å²) < 4.78 is 0. The Kier molecular flexibility index (Phi) is 12.9. The second-order valence-electron chi connectivity index (χ2n) is 8.78. The summed E-state index contributed by atoms with van der Waals surface area (Å²) in [5.74, 6) is 1.13. The third kappa shape index (κ3) is 10.4. The van der Waals surface area contributed by atoms with Crippen LogP contribution in [0, 0.1) is 0 Å². The van der Waals surface area contributed by atoms with Gasteiger partial charge in [-0.3, -0.25) is 0 Å². The number of nitrogens with one attached hydrogen (secondary N) is 1. The van der Waals surface area contributed by atoms with Crippen molar-refractivity contribution in [2.75, 3.05) is 64.7 Å². The topological polar surface area (TPSA) is 86.8 Å². The molecule has 0 radical (unpaired) electrons. The molecule has 10 heteroatoms. The van der Waals surface area contributed by atoms with Gasteiger partial charge in [0.1, 0.15) is 5.82 Å². The van der Waals surface area contributed by atoms with Crippen LogP contribution in [0.3, 0.4) is 0 Å². The lowest BCUT2D eigenvalue weighted by Crippen LogP contribution is -2.30. The first-order valence-corrected chi connectivity index (χ1v) is 12.9. The summed E-state index contributed by atoms with van der Waals surface area (Å²) >= 11 is 0. The lowest BCUT2D eigenvalue weighted by Gasteiger charge is -2.25. The molecule has 0 saturated carbocycles. The van der Waals surface area contributed by atoms with E-state index in [4.69, 9.17) is 0 Å². The highest BCUT2D eigenvalue weighted by atomic mass is 15.3. The summed E-state index contributed by atoms with van der Waals surface area (Å²) in [5.41, 5.74) is 3.78. The van der Waals surface area contributed by atoms with Crippen molar-refractivity contribution >= 4 is 28.7 Å². The molecule has 0 saturated heterocycles. The largest absolute Gasteiger partial charge is 0.393 e. The highest BCUT2D eigenvalue weighted by Crippen LogP contribution is 2.22. The quantitative estimate of drug-likeness (QED) is 0.185. The molecule has 0 aliphatic heterocycles. The van der Waals surface area contributed by atoms with E-state index in [1.165, 1.54) is 0 Å². The number of hydrogen-bond donors (Lipinski definition) is 1. The molecule has 0 aliphatic rings. The molecule has 0 heterocycles. The van der Waals surface area contributed by atoms with Crippen LogP contribution in [0.5, 0.6) is 0 Å². The number of azo groups is 2. The van der Waals surface area contributed by atoms with Crippen LogP contribution in [0.4, 0.5) is 22.7 Å². The van der Waals surface area contributed by atoms with Crippen molar-refractivity contribution in [1.82, 2.24) is 15.1 Å². The second-order valence-corrected chi connectivity index (χ2v) is 8.78. The van der Waals surface area contributed by atoms with Gasteiger partial charge in [-0.25, -0.2) is 4.99 Å². The van der Waals surface area contributed by atoms with E-state index in [0.717, 1.165) is 35.8 Å². The van der Waals surface area contributed by atoms with E-state index in [1.807, 2.05) is 94.8 Å². The molecule has 2 rings (SSSR count). The summed E-state index contributed by atoms with van der Waals surface area (Å²) in [7, 11) is 9.78. The van der Waals surface area contributed by atoms with Gasteiger partial charge in [-0.05, 0) is 62.4 Å². The van der Waals surface area contributed by atoms with Gasteiger partial charge < -0.3 is 24.9 Å². The second kappa shape index (κ2) is 16.4. The fourth-order valence-corrected chi connectivity index (χ4v) is 3.31. The molecule has 1 N–H and O–H groups in total. The average molecular weight is 531 g/mol. The van der Waals surface area contributed by atoms with Crippen LogP contribution >= 0.6 is 0 Å². The van der Waals surface area contributed by atoms with Gasteiger partial charge in [0.25, 0.3) is 0 Å². The minimum Gasteiger partial charge on any atom is -0.393 e. The number of allylic oxidation sites excluding steroid dienone is 1. The smallest absolute Gasteiger partial charge is 0.244 e. The van der Waals surface area contributed by atoms with E-state index in [1.54, 1.807) is 11.1 Å². The monoisotopic (exact) mass is 530 g/mol. The number of guanidine groups is 1. The molecular formula is C29H42N10. The third-order valence-corrected chi connectivity index (χ3v) is 5.75. The van der Waals surface area contributed by atoms with Gasteiger partial charge in [-0.1, -0.05) is 12.7 Å². The van der Waals surface area contributed by atoms with Crippen LogP contribution in [0.1, 0.15) is 13.8 Å². The minimum absolute atomic E-state index is 0.550. The van der Waals surface area contributed by atoms with E-state index in [2.05, 4.69) is 73.4 Å². The van der Waals surface area contributed by atoms with Gasteiger partial charge in [0.2, 0.25) is 5.96 Å². The number of anilines is 2. The molecule has 208 valence electrons. The average Bonchev–Trinajstić information content (AvgIpc) is 2.95. The summed E-state index contributed by atoms with van der Waals surface area (Å²) in [6.07, 6.45) is 7.48. The Morgan fingerprint density at radius 1 is 0.795 bits per heavy atom. The van der Waals surface area contributed by atoms with E-state index < -0.39 is 0 Å². The van der Waals surface area contributed by atoms with Crippen molar-refractivity contribution in [3.63, 3.8) is 0 Å². The zero-order chi connectivity index (χ0) is 28.6. The fraction of sp³-hybridized carbons (Fsp3) is 0.345. The normalized spacial score (nSPS) is 12.1. The first-order valence-electron chi connectivity index (χ1n) is 12.9. The molecule has 0 unspecified atom stereocenters. The highest BCUT2D eigenvalue weighted by Gasteiger charge is 2.06. The molecule has 0 spiro atoms. The minimum atomic E-state index is 0.550. The number of likely N-dealkylation sites (N-methyl/N-ethyl adjacent to an activating group) is 2. The molecular weight excluding hydrogens is 488 g/mol. The maximum atomic E-state index is 4.40. The molecule has 0 fully saturated rings. The Bertz CT molecular complexity index is 1160. The van der Waals surface area contributed by atoms with Crippen molar-refractivity contribution in [2.24, 2.45) is 25.4 Å². The van der Waals surface area contributed by atoms with Crippen LogP contribution in [-0.4, -0.2) is 70.6 Å². The van der Waals surface area contributed by atoms with E-state index in [0.29, 0.717) is 18.3 Å². The molecule has 0 bridgehead atoms. The lowest BCUT2D eigenvalue weighted by molar-refractivity contribution is 0.553. The van der Waals surface area contributed by atoms with Crippen molar-refractivity contribution in [2.45, 2.75) is 13.8 Å². The number of hydrogen-bond acceptors (Lipinski definition) is 8. The van der Waals surface area contributed by atoms with Gasteiger partial charge in [-0.15, -0.1) is 20.5 Å². The maximum Gasteiger partial charge on any atom is 0.244 e. The molecule has 0 aliphatic carbocycles. The first-order chi connectivity index (χ1) is 18.8. The van der Waals surface area contributed by atoms with Crippen LogP contribution in [-0.2, 0) is 0 Å². The maximum absolute atomic E-state index is 4.40. The highest BCUT2D eigenvalue weighted by molar-refractivity contribution is 5.81. The fourth-order valence-electron chi connectivity index (χ4n) is 3.31. The standard InChI is InChI=1S/C29H42N10/c1-9-20-39(8)29(31-10-2)35-34-26-13-17-28(18-14-26)38(7)23-22-37(6)27-15-11-25(12-16-27)33-32-24(3)36(5)21-19-30-4/h9,11-21,30H,3,10,22-23H2,1-2,4-8H3. The molecule has 0 atom stereocenters. The number of benzene rings is 2. The zero-order valence-electron chi connectivity index (χ0n) is 24.3. The summed E-state index contributed by atoms with van der Waals surface area (Å²) in [5, 5.41) is 20.1. The lowest BCUT2D eigenvalue weighted by atomic mass is 10.2. The Labute approximate surface area is 233 Å². The zero-order valence-corrected chi connectivity index (χ0v) is 24.3. The van der Waals surface area contributed by atoms with Crippen LogP contribution in [0.2, 0.25) is 0 Å². The molecule has 10 nitrogen and oxygen atoms in total. The van der Waals surface area contributed by atoms with E-state index >= 15 is 0 Å². The molecule has 0 amide bonds. The Balaban J connectivity index is 1.91. The molecule has 0 aromatic heterocycles. The third-order valence-electron chi connectivity index (χ3n) is 5.75. The van der Waals surface area contributed by atoms with Crippen LogP contribution in [0.25, 0.3) is 0 Å². The summed E-state index contributed by atoms with van der Waals surface area (Å²) in [6, 6.07) is 16.0. The first kappa shape index (κ1) is 30.8.